The minimum absolute atomic E-state index is 0.0157. The minimum Gasteiger partial charge on any atom is -0.493 e. The minimum atomic E-state index is -0.999. The monoisotopic (exact) mass is 315 g/mol. The topological polar surface area (TPSA) is 78.4 Å². The number of likely N-dealkylation sites (tertiary alicyclic amines) is 1. The molecule has 0 spiro atoms. The Balaban J connectivity index is 1.45. The molecule has 1 amide bonds. The van der Waals surface area contributed by atoms with E-state index in [9.17, 15) is 9.90 Å². The van der Waals surface area contributed by atoms with Gasteiger partial charge in [-0.15, -0.1) is 0 Å². The van der Waals surface area contributed by atoms with Crippen LogP contribution < -0.4 is 4.74 Å². The molecule has 6 nitrogen and oxygen atoms in total. The summed E-state index contributed by atoms with van der Waals surface area (Å²) >= 11 is 0. The lowest BCUT2D eigenvalue weighted by molar-refractivity contribution is -0.158. The summed E-state index contributed by atoms with van der Waals surface area (Å²) in [6.07, 6.45) is 1.89. The van der Waals surface area contributed by atoms with Gasteiger partial charge in [0.1, 0.15) is 11.4 Å². The molecule has 1 aliphatic rings. The molecule has 2 N–H and O–H groups in total. The van der Waals surface area contributed by atoms with Gasteiger partial charge in [0.2, 0.25) is 5.91 Å². The molecule has 0 unspecified atom stereocenters. The van der Waals surface area contributed by atoms with Crippen LogP contribution in [-0.2, 0) is 10.4 Å². The highest BCUT2D eigenvalue weighted by Crippen LogP contribution is 2.30. The molecule has 122 valence electrons. The standard InChI is InChI=1S/C17H21N3O3/c1-12-3-4-14(9-13(12)2)23-8-6-16(21)20-10-17(22,11-20)15-5-7-18-19-15/h3-5,7,9,22H,6,8,10-11H2,1-2H3,(H,18,19). The maximum atomic E-state index is 12.1. The maximum absolute atomic E-state index is 12.1. The summed E-state index contributed by atoms with van der Waals surface area (Å²) in [6, 6.07) is 7.62. The molecule has 1 aromatic heterocycles. The van der Waals surface area contributed by atoms with Crippen molar-refractivity contribution in [2.75, 3.05) is 19.7 Å². The fourth-order valence-electron chi connectivity index (χ4n) is 2.66. The van der Waals surface area contributed by atoms with Crippen molar-refractivity contribution in [3.05, 3.63) is 47.3 Å². The molecule has 2 heterocycles. The van der Waals surface area contributed by atoms with Crippen molar-refractivity contribution >= 4 is 5.91 Å². The van der Waals surface area contributed by atoms with Crippen LogP contribution in [0.2, 0.25) is 0 Å². The van der Waals surface area contributed by atoms with Gasteiger partial charge in [0.15, 0.2) is 0 Å². The summed E-state index contributed by atoms with van der Waals surface area (Å²) in [7, 11) is 0. The van der Waals surface area contributed by atoms with Crippen LogP contribution in [0.5, 0.6) is 5.75 Å². The number of hydrogen-bond donors (Lipinski definition) is 2. The number of aliphatic hydroxyl groups is 1. The van der Waals surface area contributed by atoms with E-state index in [-0.39, 0.29) is 19.0 Å². The van der Waals surface area contributed by atoms with E-state index in [1.165, 1.54) is 11.1 Å². The van der Waals surface area contributed by atoms with Gasteiger partial charge >= 0.3 is 0 Å². The van der Waals surface area contributed by atoms with Gasteiger partial charge in [0.05, 0.1) is 31.8 Å². The van der Waals surface area contributed by atoms with Crippen molar-refractivity contribution in [1.82, 2.24) is 15.1 Å². The molecule has 0 bridgehead atoms. The second kappa shape index (κ2) is 6.04. The molecule has 1 saturated heterocycles. The molecular weight excluding hydrogens is 294 g/mol. The number of nitrogens with zero attached hydrogens (tertiary/aromatic N) is 2. The number of aromatic nitrogens is 2. The van der Waals surface area contributed by atoms with Crippen LogP contribution in [0.15, 0.2) is 30.5 Å². The Hall–Kier alpha value is -2.34. The molecule has 1 fully saturated rings. The predicted molar refractivity (Wildman–Crippen MR) is 85.1 cm³/mol. The Bertz CT molecular complexity index is 691. The molecule has 0 atom stereocenters. The zero-order valence-corrected chi connectivity index (χ0v) is 13.4. The predicted octanol–water partition coefficient (Wildman–Crippen LogP) is 1.53. The average molecular weight is 315 g/mol. The summed E-state index contributed by atoms with van der Waals surface area (Å²) in [5.41, 5.74) is 2.03. The van der Waals surface area contributed by atoms with E-state index in [4.69, 9.17) is 4.74 Å². The molecule has 0 radical (unpaired) electrons. The van der Waals surface area contributed by atoms with Crippen LogP contribution in [0.3, 0.4) is 0 Å². The van der Waals surface area contributed by atoms with Gasteiger partial charge in [0.25, 0.3) is 0 Å². The summed E-state index contributed by atoms with van der Waals surface area (Å²) in [4.78, 5) is 13.7. The average Bonchev–Trinajstić information content (AvgIpc) is 3.02. The Morgan fingerprint density at radius 1 is 1.35 bits per heavy atom. The maximum Gasteiger partial charge on any atom is 0.226 e. The van der Waals surface area contributed by atoms with E-state index in [0.717, 1.165) is 5.75 Å². The van der Waals surface area contributed by atoms with Crippen molar-refractivity contribution in [2.45, 2.75) is 25.9 Å². The lowest BCUT2D eigenvalue weighted by Gasteiger charge is -2.45. The van der Waals surface area contributed by atoms with Crippen molar-refractivity contribution < 1.29 is 14.6 Å². The van der Waals surface area contributed by atoms with Crippen LogP contribution >= 0.6 is 0 Å². The Morgan fingerprint density at radius 2 is 2.13 bits per heavy atom. The van der Waals surface area contributed by atoms with E-state index in [2.05, 4.69) is 10.2 Å². The van der Waals surface area contributed by atoms with Crippen LogP contribution in [0.1, 0.15) is 23.2 Å². The smallest absolute Gasteiger partial charge is 0.226 e. The lowest BCUT2D eigenvalue weighted by Crippen LogP contribution is -2.61. The normalized spacial score (nSPS) is 16.0. The number of nitrogens with one attached hydrogen (secondary N) is 1. The van der Waals surface area contributed by atoms with Gasteiger partial charge in [-0.1, -0.05) is 6.07 Å². The number of β-amino-alcohol motifs (C(OH)–C–C–N with tert-alkyl or cyclic N) is 1. The number of H-pyrrole nitrogens is 1. The van der Waals surface area contributed by atoms with Gasteiger partial charge in [-0.25, -0.2) is 0 Å². The van der Waals surface area contributed by atoms with E-state index < -0.39 is 5.60 Å². The molecule has 23 heavy (non-hydrogen) atoms. The summed E-state index contributed by atoms with van der Waals surface area (Å²) in [5, 5.41) is 16.9. The number of aryl methyl sites for hydroxylation is 2. The Labute approximate surface area is 135 Å². The number of carbonyl (C=O) groups excluding carboxylic acids is 1. The molecule has 1 aromatic carbocycles. The Kier molecular flexibility index (Phi) is 4.09. The van der Waals surface area contributed by atoms with Crippen molar-refractivity contribution in [1.29, 1.82) is 0 Å². The molecule has 1 aliphatic heterocycles. The first kappa shape index (κ1) is 15.6. The number of ether oxygens (including phenoxy) is 1. The molecule has 6 heteroatoms. The lowest BCUT2D eigenvalue weighted by atomic mass is 9.90. The van der Waals surface area contributed by atoms with Crippen LogP contribution in [0.4, 0.5) is 0 Å². The van der Waals surface area contributed by atoms with E-state index in [1.807, 2.05) is 32.0 Å². The van der Waals surface area contributed by atoms with Gasteiger partial charge < -0.3 is 14.7 Å². The molecule has 0 saturated carbocycles. The van der Waals surface area contributed by atoms with Gasteiger partial charge in [-0.05, 0) is 43.2 Å². The number of hydrogen-bond acceptors (Lipinski definition) is 4. The highest BCUT2D eigenvalue weighted by Gasteiger charge is 2.45. The third kappa shape index (κ3) is 3.22. The van der Waals surface area contributed by atoms with Crippen LogP contribution in [-0.4, -0.2) is 45.8 Å². The van der Waals surface area contributed by atoms with Gasteiger partial charge in [0, 0.05) is 6.20 Å². The van der Waals surface area contributed by atoms with Crippen LogP contribution in [0.25, 0.3) is 0 Å². The first-order valence-corrected chi connectivity index (χ1v) is 7.68. The first-order chi connectivity index (χ1) is 11.0. The first-order valence-electron chi connectivity index (χ1n) is 7.68. The highest BCUT2D eigenvalue weighted by atomic mass is 16.5. The number of benzene rings is 1. The van der Waals surface area contributed by atoms with E-state index >= 15 is 0 Å². The second-order valence-electron chi connectivity index (χ2n) is 6.10. The molecule has 0 aliphatic carbocycles. The molecule has 2 aromatic rings. The third-order valence-electron chi connectivity index (χ3n) is 4.32. The van der Waals surface area contributed by atoms with Gasteiger partial charge in [-0.2, -0.15) is 5.10 Å². The summed E-state index contributed by atoms with van der Waals surface area (Å²) in [6.45, 7) is 4.99. The fourth-order valence-corrected chi connectivity index (χ4v) is 2.66. The largest absolute Gasteiger partial charge is 0.493 e. The van der Waals surface area contributed by atoms with E-state index in [1.54, 1.807) is 17.2 Å². The van der Waals surface area contributed by atoms with Crippen molar-refractivity contribution in [3.8, 4) is 5.75 Å². The van der Waals surface area contributed by atoms with Gasteiger partial charge in [-0.3, -0.25) is 9.89 Å². The highest BCUT2D eigenvalue weighted by molar-refractivity contribution is 5.77. The number of aromatic amines is 1. The Morgan fingerprint density at radius 3 is 2.78 bits per heavy atom. The van der Waals surface area contributed by atoms with E-state index in [0.29, 0.717) is 18.7 Å². The summed E-state index contributed by atoms with van der Waals surface area (Å²) < 4.78 is 5.63. The van der Waals surface area contributed by atoms with Crippen LogP contribution in [0, 0.1) is 13.8 Å². The zero-order valence-electron chi connectivity index (χ0n) is 13.4. The quantitative estimate of drug-likeness (QED) is 0.877. The fraction of sp³-hybridized carbons (Fsp3) is 0.412. The molecular formula is C17H21N3O3. The molecule has 3 rings (SSSR count). The number of rotatable bonds is 5. The zero-order chi connectivity index (χ0) is 16.4. The second-order valence-corrected chi connectivity index (χ2v) is 6.10. The third-order valence-corrected chi connectivity index (χ3v) is 4.32. The number of carbonyl (C=O) groups is 1. The van der Waals surface area contributed by atoms with Crippen molar-refractivity contribution in [3.63, 3.8) is 0 Å². The van der Waals surface area contributed by atoms with Crippen molar-refractivity contribution in [2.24, 2.45) is 0 Å². The SMILES string of the molecule is Cc1ccc(OCCC(=O)N2CC(O)(c3ccn[nH]3)C2)cc1C. The number of amides is 1. The summed E-state index contributed by atoms with van der Waals surface area (Å²) in [5.74, 6) is 0.761.